The van der Waals surface area contributed by atoms with Crippen molar-refractivity contribution in [1.82, 2.24) is 5.01 Å². The van der Waals surface area contributed by atoms with E-state index in [0.29, 0.717) is 11.3 Å². The van der Waals surface area contributed by atoms with Crippen LogP contribution in [0.15, 0.2) is 28.9 Å². The molecule has 0 bridgehead atoms. The standard InChI is InChI=1S/C17H23N3O4S/c1-6-16(25(22,23)24)20-17(21)15(12(3)18-20)10-13-7-8-14(19(4)5)9-11(13)2/h7-10,16H,6H2,1-5H3,(H,22,23,24)/b15-10+. The quantitative estimate of drug-likeness (QED) is 0.639. The maximum atomic E-state index is 12.6. The molecule has 1 aliphatic heterocycles. The second-order valence-electron chi connectivity index (χ2n) is 6.21. The Kier molecular flexibility index (Phi) is 5.34. The Morgan fingerprint density at radius 3 is 2.44 bits per heavy atom. The van der Waals surface area contributed by atoms with Gasteiger partial charge in [0.1, 0.15) is 0 Å². The van der Waals surface area contributed by atoms with Crippen molar-refractivity contribution in [2.24, 2.45) is 5.10 Å². The maximum absolute atomic E-state index is 12.6. The molecule has 2 rings (SSSR count). The van der Waals surface area contributed by atoms with Gasteiger partial charge in [-0.2, -0.15) is 13.5 Å². The van der Waals surface area contributed by atoms with E-state index in [9.17, 15) is 17.8 Å². The van der Waals surface area contributed by atoms with Gasteiger partial charge in [-0.1, -0.05) is 13.0 Å². The lowest BCUT2D eigenvalue weighted by Crippen LogP contribution is -2.39. The van der Waals surface area contributed by atoms with Crippen LogP contribution in [0.3, 0.4) is 0 Å². The highest BCUT2D eigenvalue weighted by Crippen LogP contribution is 2.26. The number of benzene rings is 1. The first-order valence-corrected chi connectivity index (χ1v) is 9.41. The summed E-state index contributed by atoms with van der Waals surface area (Å²) in [4.78, 5) is 14.6. The Morgan fingerprint density at radius 1 is 1.32 bits per heavy atom. The molecule has 0 aliphatic carbocycles. The molecule has 0 radical (unpaired) electrons. The Morgan fingerprint density at radius 2 is 1.96 bits per heavy atom. The minimum atomic E-state index is -4.41. The molecule has 1 N–H and O–H groups in total. The molecule has 0 aromatic heterocycles. The molecule has 1 unspecified atom stereocenters. The molecule has 0 spiro atoms. The molecular formula is C17H23N3O4S. The summed E-state index contributed by atoms with van der Waals surface area (Å²) in [5.74, 6) is -0.530. The van der Waals surface area contributed by atoms with Crippen LogP contribution in [0.5, 0.6) is 0 Å². The molecule has 0 fully saturated rings. The largest absolute Gasteiger partial charge is 0.378 e. The summed E-state index contributed by atoms with van der Waals surface area (Å²) >= 11 is 0. The van der Waals surface area contributed by atoms with Crippen molar-refractivity contribution in [3.63, 3.8) is 0 Å². The van der Waals surface area contributed by atoms with Gasteiger partial charge in [0.05, 0.1) is 11.3 Å². The number of hydrazone groups is 1. The number of carbonyl (C=O) groups excluding carboxylic acids is 1. The predicted molar refractivity (Wildman–Crippen MR) is 99.1 cm³/mol. The van der Waals surface area contributed by atoms with Crippen molar-refractivity contribution >= 4 is 33.5 Å². The van der Waals surface area contributed by atoms with E-state index in [1.165, 1.54) is 0 Å². The molecule has 1 atom stereocenters. The molecule has 8 heteroatoms. The Hall–Kier alpha value is -2.19. The van der Waals surface area contributed by atoms with E-state index in [-0.39, 0.29) is 6.42 Å². The van der Waals surface area contributed by atoms with Gasteiger partial charge < -0.3 is 4.90 Å². The smallest absolute Gasteiger partial charge is 0.288 e. The third kappa shape index (κ3) is 3.91. The van der Waals surface area contributed by atoms with Gasteiger partial charge in [0, 0.05) is 19.8 Å². The van der Waals surface area contributed by atoms with Crippen LogP contribution in [0.2, 0.25) is 0 Å². The zero-order valence-electron chi connectivity index (χ0n) is 15.0. The summed E-state index contributed by atoms with van der Waals surface area (Å²) in [7, 11) is -0.516. The van der Waals surface area contributed by atoms with Crippen LogP contribution in [0.4, 0.5) is 5.69 Å². The van der Waals surface area contributed by atoms with Crippen molar-refractivity contribution in [2.45, 2.75) is 32.6 Å². The molecule has 25 heavy (non-hydrogen) atoms. The fourth-order valence-electron chi connectivity index (χ4n) is 2.67. The number of amides is 1. The van der Waals surface area contributed by atoms with Crippen LogP contribution in [-0.2, 0) is 14.9 Å². The monoisotopic (exact) mass is 365 g/mol. The summed E-state index contributed by atoms with van der Waals surface area (Å²) < 4.78 is 32.3. The summed E-state index contributed by atoms with van der Waals surface area (Å²) in [5.41, 5.74) is 3.62. The van der Waals surface area contributed by atoms with Gasteiger partial charge >= 0.3 is 0 Å². The Bertz CT molecular complexity index is 857. The van der Waals surface area contributed by atoms with E-state index < -0.39 is 21.4 Å². The topological polar surface area (TPSA) is 90.3 Å². The first-order valence-electron chi connectivity index (χ1n) is 7.91. The fourth-order valence-corrected chi connectivity index (χ4v) is 3.48. The highest BCUT2D eigenvalue weighted by molar-refractivity contribution is 7.86. The molecule has 1 aromatic rings. The Labute approximate surface area is 148 Å². The molecule has 1 amide bonds. The summed E-state index contributed by atoms with van der Waals surface area (Å²) in [5, 5.41) is 3.52. The van der Waals surface area contributed by atoms with Gasteiger partial charge in [-0.15, -0.1) is 0 Å². The molecule has 0 saturated heterocycles. The maximum Gasteiger partial charge on any atom is 0.288 e. The van der Waals surface area contributed by atoms with Gasteiger partial charge in [-0.05, 0) is 49.6 Å². The number of aryl methyl sites for hydroxylation is 1. The van der Waals surface area contributed by atoms with E-state index in [4.69, 9.17) is 0 Å². The normalized spacial score (nSPS) is 17.8. The average molecular weight is 365 g/mol. The SMILES string of the molecule is CCC(N1N=C(C)/C(=C\c2ccc(N(C)C)cc2C)C1=O)S(=O)(=O)O. The lowest BCUT2D eigenvalue weighted by atomic mass is 10.0. The highest BCUT2D eigenvalue weighted by atomic mass is 32.2. The van der Waals surface area contributed by atoms with Crippen molar-refractivity contribution in [2.75, 3.05) is 19.0 Å². The van der Waals surface area contributed by atoms with Crippen LogP contribution >= 0.6 is 0 Å². The fraction of sp³-hybridized carbons (Fsp3) is 0.412. The Balaban J connectivity index is 2.40. The predicted octanol–water partition coefficient (Wildman–Crippen LogP) is 2.29. The number of carbonyl (C=O) groups is 1. The van der Waals surface area contributed by atoms with Crippen molar-refractivity contribution in [3.8, 4) is 0 Å². The van der Waals surface area contributed by atoms with Gasteiger partial charge in [0.2, 0.25) is 0 Å². The number of hydrogen-bond acceptors (Lipinski definition) is 5. The van der Waals surface area contributed by atoms with Crippen LogP contribution in [-0.4, -0.2) is 49.1 Å². The zero-order valence-corrected chi connectivity index (χ0v) is 15.8. The molecule has 0 saturated carbocycles. The van der Waals surface area contributed by atoms with Crippen molar-refractivity contribution < 1.29 is 17.8 Å². The van der Waals surface area contributed by atoms with Crippen LogP contribution in [0, 0.1) is 6.92 Å². The van der Waals surface area contributed by atoms with Crippen molar-refractivity contribution in [1.29, 1.82) is 0 Å². The number of hydrogen-bond donors (Lipinski definition) is 1. The molecule has 1 aromatic carbocycles. The van der Waals surface area contributed by atoms with Gasteiger partial charge in [0.25, 0.3) is 16.0 Å². The number of anilines is 1. The molecule has 136 valence electrons. The third-order valence-corrected chi connectivity index (χ3v) is 5.34. The minimum absolute atomic E-state index is 0.0468. The van der Waals surface area contributed by atoms with Crippen LogP contribution in [0.25, 0.3) is 6.08 Å². The third-order valence-electron chi connectivity index (χ3n) is 4.12. The van der Waals surface area contributed by atoms with Crippen LogP contribution < -0.4 is 4.90 Å². The summed E-state index contributed by atoms with van der Waals surface area (Å²) in [6.07, 6.45) is 1.75. The summed E-state index contributed by atoms with van der Waals surface area (Å²) in [6, 6.07) is 5.85. The highest BCUT2D eigenvalue weighted by Gasteiger charge is 2.38. The lowest BCUT2D eigenvalue weighted by molar-refractivity contribution is -0.126. The molecule has 1 heterocycles. The first-order chi connectivity index (χ1) is 11.6. The molecule has 1 aliphatic rings. The number of nitrogens with zero attached hydrogens (tertiary/aromatic N) is 3. The molecule has 7 nitrogen and oxygen atoms in total. The van der Waals surface area contributed by atoms with E-state index >= 15 is 0 Å². The number of rotatable bonds is 5. The minimum Gasteiger partial charge on any atom is -0.378 e. The van der Waals surface area contributed by atoms with E-state index in [1.807, 2.05) is 44.1 Å². The first kappa shape index (κ1) is 19.1. The van der Waals surface area contributed by atoms with Gasteiger partial charge in [-0.25, -0.2) is 5.01 Å². The van der Waals surface area contributed by atoms with Gasteiger partial charge in [0.15, 0.2) is 5.37 Å². The van der Waals surface area contributed by atoms with E-state index in [0.717, 1.165) is 21.8 Å². The summed E-state index contributed by atoms with van der Waals surface area (Å²) in [6.45, 7) is 5.16. The zero-order chi connectivity index (χ0) is 18.9. The van der Waals surface area contributed by atoms with E-state index in [1.54, 1.807) is 19.9 Å². The lowest BCUT2D eigenvalue weighted by Gasteiger charge is -2.20. The van der Waals surface area contributed by atoms with Crippen LogP contribution in [0.1, 0.15) is 31.4 Å². The molecular weight excluding hydrogens is 342 g/mol. The second-order valence-corrected chi connectivity index (χ2v) is 7.78. The van der Waals surface area contributed by atoms with E-state index in [2.05, 4.69) is 5.10 Å². The van der Waals surface area contributed by atoms with Crippen molar-refractivity contribution in [3.05, 3.63) is 34.9 Å². The van der Waals surface area contributed by atoms with Gasteiger partial charge in [-0.3, -0.25) is 9.35 Å². The average Bonchev–Trinajstić information content (AvgIpc) is 2.76. The second kappa shape index (κ2) is 6.97.